The van der Waals surface area contributed by atoms with E-state index in [1.807, 2.05) is 43.5 Å². The van der Waals surface area contributed by atoms with Crippen molar-refractivity contribution in [1.82, 2.24) is 15.0 Å². The van der Waals surface area contributed by atoms with E-state index in [1.165, 1.54) is 0 Å². The largest absolute Gasteiger partial charge is 0.455 e. The predicted molar refractivity (Wildman–Crippen MR) is 99.6 cm³/mol. The van der Waals surface area contributed by atoms with Crippen LogP contribution >= 0.6 is 0 Å². The van der Waals surface area contributed by atoms with Gasteiger partial charge in [-0.1, -0.05) is 6.07 Å². The molecule has 0 aliphatic rings. The van der Waals surface area contributed by atoms with E-state index in [0.29, 0.717) is 17.3 Å². The normalized spacial score (nSPS) is 10.5. The number of nitriles is 1. The number of aromatic amines is 1. The Balaban J connectivity index is 1.64. The maximum atomic E-state index is 9.26. The molecule has 4 rings (SSSR count). The molecule has 0 saturated heterocycles. The van der Waals surface area contributed by atoms with Gasteiger partial charge in [-0.15, -0.1) is 0 Å². The minimum absolute atomic E-state index is 0.270. The number of aryl methyl sites for hydroxylation is 1. The van der Waals surface area contributed by atoms with Crippen LogP contribution in [0.1, 0.15) is 11.3 Å². The van der Waals surface area contributed by atoms with Gasteiger partial charge in [0, 0.05) is 35.7 Å². The lowest BCUT2D eigenvalue weighted by atomic mass is 10.2. The molecule has 1 aromatic carbocycles. The zero-order valence-corrected chi connectivity index (χ0v) is 14.0. The van der Waals surface area contributed by atoms with Crippen molar-refractivity contribution in [2.45, 2.75) is 6.92 Å². The Bertz CT molecular complexity index is 1130. The summed E-state index contributed by atoms with van der Waals surface area (Å²) in [5.41, 5.74) is 3.15. The van der Waals surface area contributed by atoms with Gasteiger partial charge < -0.3 is 15.0 Å². The number of rotatable bonds is 4. The van der Waals surface area contributed by atoms with Crippen LogP contribution in [0.2, 0.25) is 0 Å². The van der Waals surface area contributed by atoms with E-state index in [2.05, 4.69) is 26.3 Å². The number of nitrogens with zero attached hydrogens (tertiary/aromatic N) is 3. The van der Waals surface area contributed by atoms with E-state index in [4.69, 9.17) is 4.74 Å². The van der Waals surface area contributed by atoms with Gasteiger partial charge in [-0.25, -0.2) is 4.98 Å². The number of pyridine rings is 2. The highest BCUT2D eigenvalue weighted by Gasteiger charge is 2.07. The number of ether oxygens (including phenoxy) is 1. The highest BCUT2D eigenvalue weighted by Crippen LogP contribution is 2.27. The molecule has 0 amide bonds. The molecule has 0 atom stereocenters. The first-order valence-corrected chi connectivity index (χ1v) is 8.05. The molecule has 0 aliphatic carbocycles. The van der Waals surface area contributed by atoms with E-state index in [1.54, 1.807) is 24.5 Å². The van der Waals surface area contributed by atoms with E-state index < -0.39 is 0 Å². The summed E-state index contributed by atoms with van der Waals surface area (Å²) in [5.74, 6) is 1.66. The fraction of sp³-hybridized carbons (Fsp3) is 0.0500. The maximum Gasteiger partial charge on any atom is 0.146 e. The van der Waals surface area contributed by atoms with Gasteiger partial charge in [-0.2, -0.15) is 5.26 Å². The summed E-state index contributed by atoms with van der Waals surface area (Å²) < 4.78 is 5.84. The Morgan fingerprint density at radius 2 is 2.00 bits per heavy atom. The van der Waals surface area contributed by atoms with Gasteiger partial charge in [-0.05, 0) is 42.1 Å². The molecule has 6 heteroatoms. The minimum Gasteiger partial charge on any atom is -0.455 e. The van der Waals surface area contributed by atoms with Gasteiger partial charge in [0.1, 0.15) is 29.1 Å². The van der Waals surface area contributed by atoms with Crippen molar-refractivity contribution in [3.63, 3.8) is 0 Å². The van der Waals surface area contributed by atoms with Crippen LogP contribution in [0.25, 0.3) is 10.9 Å². The summed E-state index contributed by atoms with van der Waals surface area (Å²) in [6, 6.07) is 15.3. The number of H-pyrrole nitrogens is 1. The highest BCUT2D eigenvalue weighted by atomic mass is 16.5. The second kappa shape index (κ2) is 6.57. The molecule has 0 aliphatic heterocycles. The van der Waals surface area contributed by atoms with E-state index in [0.717, 1.165) is 22.2 Å². The standard InChI is InChI=1S/C20H15N5O/c1-13-6-18(12-22-11-13)26-17-7-16(10-21)25-20(9-17)24-15-3-2-14-4-5-23-19(14)8-15/h2-9,11-12,23H,1H3,(H,24,25). The van der Waals surface area contributed by atoms with Crippen LogP contribution in [0.15, 0.2) is 61.1 Å². The SMILES string of the molecule is Cc1cncc(Oc2cc(C#N)nc(Nc3ccc4cc[nH]c4c3)c2)c1. The molecule has 3 heterocycles. The molecule has 6 nitrogen and oxygen atoms in total. The van der Waals surface area contributed by atoms with Gasteiger partial charge in [0.25, 0.3) is 0 Å². The van der Waals surface area contributed by atoms with Gasteiger partial charge >= 0.3 is 0 Å². The quantitative estimate of drug-likeness (QED) is 0.563. The number of aromatic nitrogens is 3. The smallest absolute Gasteiger partial charge is 0.146 e. The first-order chi connectivity index (χ1) is 12.7. The van der Waals surface area contributed by atoms with Gasteiger partial charge in [0.15, 0.2) is 0 Å². The van der Waals surface area contributed by atoms with Crippen LogP contribution < -0.4 is 10.1 Å². The van der Waals surface area contributed by atoms with Crippen molar-refractivity contribution >= 4 is 22.4 Å². The Morgan fingerprint density at radius 3 is 2.85 bits per heavy atom. The lowest BCUT2D eigenvalue weighted by molar-refractivity contribution is 0.479. The monoisotopic (exact) mass is 341 g/mol. The molecule has 26 heavy (non-hydrogen) atoms. The summed E-state index contributed by atoms with van der Waals surface area (Å²) in [5, 5.41) is 13.6. The van der Waals surface area contributed by atoms with Gasteiger partial charge in [-0.3, -0.25) is 4.98 Å². The third kappa shape index (κ3) is 3.32. The average Bonchev–Trinajstić information content (AvgIpc) is 3.09. The van der Waals surface area contributed by atoms with E-state index >= 15 is 0 Å². The molecule has 3 aromatic heterocycles. The summed E-state index contributed by atoms with van der Waals surface area (Å²) in [7, 11) is 0. The summed E-state index contributed by atoms with van der Waals surface area (Å²) in [6.45, 7) is 1.94. The fourth-order valence-electron chi connectivity index (χ4n) is 2.68. The second-order valence-corrected chi connectivity index (χ2v) is 5.89. The Labute approximate surface area is 150 Å². The molecular weight excluding hydrogens is 326 g/mol. The van der Waals surface area contributed by atoms with Crippen molar-refractivity contribution in [3.05, 3.63) is 72.3 Å². The first-order valence-electron chi connectivity index (χ1n) is 8.05. The van der Waals surface area contributed by atoms with Crippen LogP contribution in [-0.2, 0) is 0 Å². The Morgan fingerprint density at radius 1 is 1.08 bits per heavy atom. The van der Waals surface area contributed by atoms with Crippen molar-refractivity contribution in [2.24, 2.45) is 0 Å². The van der Waals surface area contributed by atoms with Crippen LogP contribution in [0.4, 0.5) is 11.5 Å². The number of anilines is 2. The molecule has 0 fully saturated rings. The maximum absolute atomic E-state index is 9.26. The second-order valence-electron chi connectivity index (χ2n) is 5.89. The lowest BCUT2D eigenvalue weighted by Crippen LogP contribution is -1.97. The number of nitrogens with one attached hydrogen (secondary N) is 2. The van der Waals surface area contributed by atoms with E-state index in [9.17, 15) is 5.26 Å². The Kier molecular flexibility index (Phi) is 3.96. The van der Waals surface area contributed by atoms with Crippen molar-refractivity contribution in [1.29, 1.82) is 5.26 Å². The Hall–Kier alpha value is -3.85. The molecule has 0 bridgehead atoms. The van der Waals surface area contributed by atoms with E-state index in [-0.39, 0.29) is 5.69 Å². The molecular formula is C20H15N5O. The number of hydrogen-bond donors (Lipinski definition) is 2. The molecule has 126 valence electrons. The average molecular weight is 341 g/mol. The predicted octanol–water partition coefficient (Wildman–Crippen LogP) is 4.67. The number of fused-ring (bicyclic) bond motifs is 1. The zero-order valence-electron chi connectivity index (χ0n) is 14.0. The van der Waals surface area contributed by atoms with Crippen molar-refractivity contribution in [2.75, 3.05) is 5.32 Å². The van der Waals surface area contributed by atoms with Crippen LogP contribution in [0, 0.1) is 18.3 Å². The van der Waals surface area contributed by atoms with Crippen LogP contribution in [0.3, 0.4) is 0 Å². The lowest BCUT2D eigenvalue weighted by Gasteiger charge is -2.10. The highest BCUT2D eigenvalue weighted by molar-refractivity contribution is 5.83. The number of benzene rings is 1. The van der Waals surface area contributed by atoms with Crippen LogP contribution in [0.5, 0.6) is 11.5 Å². The molecule has 0 saturated carbocycles. The summed E-state index contributed by atoms with van der Waals surface area (Å²) in [4.78, 5) is 11.6. The van der Waals surface area contributed by atoms with Crippen molar-refractivity contribution < 1.29 is 4.74 Å². The molecule has 2 N–H and O–H groups in total. The molecule has 4 aromatic rings. The zero-order chi connectivity index (χ0) is 17.9. The molecule has 0 radical (unpaired) electrons. The van der Waals surface area contributed by atoms with Gasteiger partial charge in [0.05, 0.1) is 6.20 Å². The third-order valence-corrected chi connectivity index (χ3v) is 3.83. The molecule has 0 unspecified atom stereocenters. The first kappa shape index (κ1) is 15.7. The minimum atomic E-state index is 0.270. The third-order valence-electron chi connectivity index (χ3n) is 3.83. The van der Waals surface area contributed by atoms with Crippen molar-refractivity contribution in [3.8, 4) is 17.6 Å². The topological polar surface area (TPSA) is 86.6 Å². The molecule has 0 spiro atoms. The fourth-order valence-corrected chi connectivity index (χ4v) is 2.68. The summed E-state index contributed by atoms with van der Waals surface area (Å²) >= 11 is 0. The van der Waals surface area contributed by atoms with Gasteiger partial charge in [0.2, 0.25) is 0 Å². The van der Waals surface area contributed by atoms with Crippen LogP contribution in [-0.4, -0.2) is 15.0 Å². The number of hydrogen-bond acceptors (Lipinski definition) is 5. The summed E-state index contributed by atoms with van der Waals surface area (Å²) in [6.07, 6.45) is 5.28.